The Morgan fingerprint density at radius 3 is 2.11 bits per heavy atom. The van der Waals surface area contributed by atoms with Crippen molar-refractivity contribution >= 4 is 8.32 Å². The SMILES string of the molecule is C/C=C\C1CCCC1/C=C/O[Si](C)(C)C(C)(C)C. The minimum atomic E-state index is -1.62. The second-order valence-corrected chi connectivity index (χ2v) is 11.7. The van der Waals surface area contributed by atoms with Crippen LogP contribution in [0.2, 0.25) is 18.1 Å². The maximum Gasteiger partial charge on any atom is 0.249 e. The fraction of sp³-hybridized carbons (Fsp3) is 0.750. The summed E-state index contributed by atoms with van der Waals surface area (Å²) in [5.74, 6) is 1.42. The summed E-state index contributed by atoms with van der Waals surface area (Å²) < 4.78 is 6.12. The zero-order valence-electron chi connectivity index (χ0n) is 13.0. The first-order valence-electron chi connectivity index (χ1n) is 7.25. The molecule has 0 aliphatic heterocycles. The van der Waals surface area contributed by atoms with Crippen molar-refractivity contribution in [3.8, 4) is 0 Å². The van der Waals surface area contributed by atoms with E-state index in [-0.39, 0.29) is 5.04 Å². The zero-order valence-corrected chi connectivity index (χ0v) is 14.0. The van der Waals surface area contributed by atoms with Gasteiger partial charge in [0.15, 0.2) is 0 Å². The predicted octanol–water partition coefficient (Wildman–Crippen LogP) is 5.51. The molecule has 0 aromatic heterocycles. The third kappa shape index (κ3) is 4.01. The van der Waals surface area contributed by atoms with Crippen molar-refractivity contribution in [2.75, 3.05) is 0 Å². The van der Waals surface area contributed by atoms with E-state index in [0.717, 1.165) is 5.92 Å². The molecule has 0 spiro atoms. The van der Waals surface area contributed by atoms with Gasteiger partial charge in [0.1, 0.15) is 0 Å². The van der Waals surface area contributed by atoms with Gasteiger partial charge >= 0.3 is 0 Å². The molecule has 0 saturated heterocycles. The van der Waals surface area contributed by atoms with Crippen LogP contribution in [-0.2, 0) is 4.43 Å². The lowest BCUT2D eigenvalue weighted by atomic mass is 9.96. The number of hydrogen-bond donors (Lipinski definition) is 0. The van der Waals surface area contributed by atoms with E-state index in [2.05, 4.69) is 59.0 Å². The second-order valence-electron chi connectivity index (χ2n) is 6.99. The second kappa shape index (κ2) is 6.09. The van der Waals surface area contributed by atoms with Crippen molar-refractivity contribution < 1.29 is 4.43 Å². The van der Waals surface area contributed by atoms with Crippen molar-refractivity contribution in [1.82, 2.24) is 0 Å². The molecule has 0 N–H and O–H groups in total. The van der Waals surface area contributed by atoms with Crippen LogP contribution in [0.1, 0.15) is 47.0 Å². The quantitative estimate of drug-likeness (QED) is 0.370. The number of rotatable bonds is 4. The van der Waals surface area contributed by atoms with Gasteiger partial charge in [-0.2, -0.15) is 0 Å². The molecule has 18 heavy (non-hydrogen) atoms. The highest BCUT2D eigenvalue weighted by atomic mass is 28.4. The molecule has 0 heterocycles. The Hall–Kier alpha value is -0.503. The normalized spacial score (nSPS) is 26.3. The van der Waals surface area contributed by atoms with Gasteiger partial charge in [-0.3, -0.25) is 0 Å². The zero-order chi connectivity index (χ0) is 13.8. The molecular weight excluding hydrogens is 236 g/mol. The van der Waals surface area contributed by atoms with Crippen LogP contribution in [0.3, 0.4) is 0 Å². The van der Waals surface area contributed by atoms with E-state index in [9.17, 15) is 0 Å². The molecular formula is C16H30OSi. The van der Waals surface area contributed by atoms with Crippen LogP contribution in [0.15, 0.2) is 24.5 Å². The van der Waals surface area contributed by atoms with Gasteiger partial charge in [-0.05, 0) is 55.8 Å². The molecule has 104 valence electrons. The summed E-state index contributed by atoms with van der Waals surface area (Å²) in [5.41, 5.74) is 0. The first-order chi connectivity index (χ1) is 8.28. The average Bonchev–Trinajstić information content (AvgIpc) is 2.64. The molecule has 1 fully saturated rings. The summed E-state index contributed by atoms with van der Waals surface area (Å²) in [7, 11) is -1.62. The van der Waals surface area contributed by atoms with Crippen molar-refractivity contribution in [2.45, 2.75) is 65.1 Å². The molecule has 0 aromatic carbocycles. The minimum absolute atomic E-state index is 0.287. The summed E-state index contributed by atoms with van der Waals surface area (Å²) in [6.45, 7) is 13.6. The minimum Gasteiger partial charge on any atom is -0.549 e. The van der Waals surface area contributed by atoms with E-state index in [4.69, 9.17) is 4.43 Å². The maximum absolute atomic E-state index is 6.12. The van der Waals surface area contributed by atoms with Gasteiger partial charge in [-0.25, -0.2) is 0 Å². The Morgan fingerprint density at radius 1 is 1.06 bits per heavy atom. The molecule has 0 amide bonds. The Kier molecular flexibility index (Phi) is 5.27. The van der Waals surface area contributed by atoms with Crippen LogP contribution in [0.25, 0.3) is 0 Å². The number of allylic oxidation sites excluding steroid dienone is 3. The van der Waals surface area contributed by atoms with Gasteiger partial charge in [-0.1, -0.05) is 39.3 Å². The van der Waals surface area contributed by atoms with Crippen molar-refractivity contribution in [3.05, 3.63) is 24.5 Å². The smallest absolute Gasteiger partial charge is 0.249 e. The average molecular weight is 267 g/mol. The highest BCUT2D eigenvalue weighted by Gasteiger charge is 2.38. The van der Waals surface area contributed by atoms with E-state index < -0.39 is 8.32 Å². The molecule has 2 unspecified atom stereocenters. The summed E-state index contributed by atoms with van der Waals surface area (Å²) >= 11 is 0. The van der Waals surface area contributed by atoms with Crippen molar-refractivity contribution in [1.29, 1.82) is 0 Å². The Bertz CT molecular complexity index is 310. The van der Waals surface area contributed by atoms with E-state index >= 15 is 0 Å². The van der Waals surface area contributed by atoms with Crippen LogP contribution in [0, 0.1) is 11.8 Å². The molecule has 1 rings (SSSR count). The predicted molar refractivity (Wildman–Crippen MR) is 83.1 cm³/mol. The molecule has 2 heteroatoms. The molecule has 1 aliphatic rings. The molecule has 1 aliphatic carbocycles. The third-order valence-electron chi connectivity index (χ3n) is 4.56. The first-order valence-corrected chi connectivity index (χ1v) is 10.2. The Labute approximate surface area is 114 Å². The van der Waals surface area contributed by atoms with E-state index in [0.29, 0.717) is 5.92 Å². The maximum atomic E-state index is 6.12. The van der Waals surface area contributed by atoms with Gasteiger partial charge in [-0.15, -0.1) is 0 Å². The summed E-state index contributed by atoms with van der Waals surface area (Å²) in [5, 5.41) is 0.287. The largest absolute Gasteiger partial charge is 0.549 e. The fourth-order valence-electron chi connectivity index (χ4n) is 2.23. The van der Waals surface area contributed by atoms with Gasteiger partial charge in [0.2, 0.25) is 8.32 Å². The molecule has 0 aromatic rings. The Balaban J connectivity index is 2.55. The molecule has 1 saturated carbocycles. The van der Waals surface area contributed by atoms with Crippen molar-refractivity contribution in [3.63, 3.8) is 0 Å². The van der Waals surface area contributed by atoms with Crippen LogP contribution in [0.5, 0.6) is 0 Å². The van der Waals surface area contributed by atoms with E-state index in [1.54, 1.807) is 0 Å². The van der Waals surface area contributed by atoms with Crippen molar-refractivity contribution in [2.24, 2.45) is 11.8 Å². The van der Waals surface area contributed by atoms with E-state index in [1.807, 2.05) is 6.26 Å². The monoisotopic (exact) mass is 266 g/mol. The third-order valence-corrected chi connectivity index (χ3v) is 8.90. The van der Waals surface area contributed by atoms with Gasteiger partial charge in [0.05, 0.1) is 6.26 Å². The lowest BCUT2D eigenvalue weighted by Gasteiger charge is -2.35. The number of hydrogen-bond acceptors (Lipinski definition) is 1. The highest BCUT2D eigenvalue weighted by molar-refractivity contribution is 6.74. The standard InChI is InChI=1S/C16H30OSi/c1-7-9-14-10-8-11-15(14)12-13-17-18(5,6)16(2,3)4/h7,9,12-15H,8,10-11H2,1-6H3/b9-7-,13-12+. The first kappa shape index (κ1) is 15.6. The summed E-state index contributed by atoms with van der Waals surface area (Å²) in [4.78, 5) is 0. The van der Waals surface area contributed by atoms with Gasteiger partial charge in [0, 0.05) is 0 Å². The molecule has 0 bridgehead atoms. The fourth-order valence-corrected chi connectivity index (χ4v) is 3.00. The lowest BCUT2D eigenvalue weighted by molar-refractivity contribution is 0.420. The van der Waals surface area contributed by atoms with Crippen LogP contribution in [-0.4, -0.2) is 8.32 Å². The highest BCUT2D eigenvalue weighted by Crippen LogP contribution is 2.37. The van der Waals surface area contributed by atoms with Crippen LogP contribution in [0.4, 0.5) is 0 Å². The molecule has 0 radical (unpaired) electrons. The van der Waals surface area contributed by atoms with Crippen LogP contribution >= 0.6 is 0 Å². The summed E-state index contributed by atoms with van der Waals surface area (Å²) in [6.07, 6.45) is 12.8. The van der Waals surface area contributed by atoms with Gasteiger partial charge in [0.25, 0.3) is 0 Å². The van der Waals surface area contributed by atoms with Gasteiger partial charge < -0.3 is 4.43 Å². The Morgan fingerprint density at radius 2 is 1.61 bits per heavy atom. The topological polar surface area (TPSA) is 9.23 Å². The molecule has 2 atom stereocenters. The molecule has 1 nitrogen and oxygen atoms in total. The lowest BCUT2D eigenvalue weighted by Crippen LogP contribution is -2.39. The summed E-state index contributed by atoms with van der Waals surface area (Å²) in [6, 6.07) is 0. The van der Waals surface area contributed by atoms with Crippen LogP contribution < -0.4 is 0 Å². The van der Waals surface area contributed by atoms with E-state index in [1.165, 1.54) is 19.3 Å².